The molecule has 0 spiro atoms. The summed E-state index contributed by atoms with van der Waals surface area (Å²) in [7, 11) is 3.86. The summed E-state index contributed by atoms with van der Waals surface area (Å²) in [5.74, 6) is 1.09. The van der Waals surface area contributed by atoms with Crippen LogP contribution in [0.2, 0.25) is 0 Å². The van der Waals surface area contributed by atoms with Crippen LogP contribution in [0.25, 0.3) is 11.0 Å². The summed E-state index contributed by atoms with van der Waals surface area (Å²) >= 11 is 0. The van der Waals surface area contributed by atoms with Crippen molar-refractivity contribution in [2.45, 2.75) is 31.8 Å². The van der Waals surface area contributed by atoms with Gasteiger partial charge in [-0.15, -0.1) is 0 Å². The van der Waals surface area contributed by atoms with Gasteiger partial charge < -0.3 is 14.8 Å². The van der Waals surface area contributed by atoms with Crippen LogP contribution in [0.1, 0.15) is 25.1 Å². The van der Waals surface area contributed by atoms with Crippen LogP contribution in [0.3, 0.4) is 0 Å². The molecule has 1 aromatic carbocycles. The Morgan fingerprint density at radius 3 is 2.95 bits per heavy atom. The minimum absolute atomic E-state index is 0.0292. The third-order valence-corrected chi connectivity index (χ3v) is 4.24. The highest BCUT2D eigenvalue weighted by Gasteiger charge is 2.24. The van der Waals surface area contributed by atoms with Gasteiger partial charge in [-0.2, -0.15) is 0 Å². The van der Waals surface area contributed by atoms with E-state index in [0.717, 1.165) is 42.7 Å². The Kier molecular flexibility index (Phi) is 3.92. The minimum atomic E-state index is -0.0292. The van der Waals surface area contributed by atoms with Crippen molar-refractivity contribution in [1.82, 2.24) is 19.8 Å². The van der Waals surface area contributed by atoms with Crippen LogP contribution in [0.15, 0.2) is 24.3 Å². The normalized spacial score (nSPS) is 18.9. The third-order valence-electron chi connectivity index (χ3n) is 4.24. The Morgan fingerprint density at radius 1 is 1.43 bits per heavy atom. The van der Waals surface area contributed by atoms with E-state index >= 15 is 0 Å². The van der Waals surface area contributed by atoms with Gasteiger partial charge in [0, 0.05) is 14.1 Å². The number of likely N-dealkylation sites (N-methyl/N-ethyl adjacent to an activating group) is 1. The monoisotopic (exact) mass is 286 g/mol. The van der Waals surface area contributed by atoms with Crippen molar-refractivity contribution >= 4 is 16.9 Å². The molecule has 0 bridgehead atoms. The lowest BCUT2D eigenvalue weighted by Gasteiger charge is -2.27. The minimum Gasteiger partial charge on any atom is -0.337 e. The molecule has 1 unspecified atom stereocenters. The van der Waals surface area contributed by atoms with E-state index in [1.165, 1.54) is 0 Å². The molecule has 0 saturated carbocycles. The zero-order valence-corrected chi connectivity index (χ0v) is 12.7. The Morgan fingerprint density at radius 2 is 2.24 bits per heavy atom. The number of aryl methyl sites for hydroxylation is 1. The van der Waals surface area contributed by atoms with Gasteiger partial charge in [-0.05, 0) is 31.5 Å². The number of benzene rings is 1. The lowest BCUT2D eigenvalue weighted by Crippen LogP contribution is -2.47. The number of rotatable bonds is 3. The van der Waals surface area contributed by atoms with Crippen LogP contribution in [0.5, 0.6) is 0 Å². The highest BCUT2D eigenvalue weighted by atomic mass is 16.2. The second kappa shape index (κ2) is 5.85. The Bertz CT molecular complexity index is 643. The fourth-order valence-electron chi connectivity index (χ4n) is 2.96. The third kappa shape index (κ3) is 2.78. The molecule has 1 atom stereocenters. The average Bonchev–Trinajstić information content (AvgIpc) is 2.84. The van der Waals surface area contributed by atoms with Crippen LogP contribution in [0.4, 0.5) is 0 Å². The summed E-state index contributed by atoms with van der Waals surface area (Å²) in [6.07, 6.45) is 3.23. The highest BCUT2D eigenvalue weighted by Crippen LogP contribution is 2.16. The molecule has 1 aromatic heterocycles. The number of amides is 1. The Hall–Kier alpha value is -1.88. The number of aromatic nitrogens is 2. The first-order valence-corrected chi connectivity index (χ1v) is 7.55. The van der Waals surface area contributed by atoms with Crippen molar-refractivity contribution in [3.63, 3.8) is 0 Å². The fourth-order valence-corrected chi connectivity index (χ4v) is 2.96. The molecule has 112 valence electrons. The first-order valence-electron chi connectivity index (χ1n) is 7.55. The van der Waals surface area contributed by atoms with Crippen molar-refractivity contribution < 1.29 is 4.79 Å². The van der Waals surface area contributed by atoms with Crippen LogP contribution >= 0.6 is 0 Å². The number of nitrogens with one attached hydrogen (secondary N) is 1. The van der Waals surface area contributed by atoms with Gasteiger partial charge in [-0.1, -0.05) is 18.6 Å². The second-order valence-corrected chi connectivity index (χ2v) is 5.77. The largest absolute Gasteiger partial charge is 0.337 e. The first kappa shape index (κ1) is 14.1. The van der Waals surface area contributed by atoms with E-state index < -0.39 is 0 Å². The molecule has 1 amide bonds. The quantitative estimate of drug-likeness (QED) is 0.934. The molecule has 1 N–H and O–H groups in total. The van der Waals surface area contributed by atoms with Gasteiger partial charge in [0.2, 0.25) is 5.91 Å². The lowest BCUT2D eigenvalue weighted by molar-refractivity contribution is -0.133. The number of hydrogen-bond donors (Lipinski definition) is 1. The molecule has 0 radical (unpaired) electrons. The molecule has 0 aliphatic carbocycles. The molecule has 1 fully saturated rings. The van der Waals surface area contributed by atoms with Crippen molar-refractivity contribution in [3.05, 3.63) is 30.1 Å². The van der Waals surface area contributed by atoms with Crippen LogP contribution in [-0.4, -0.2) is 40.0 Å². The van der Waals surface area contributed by atoms with Crippen LogP contribution in [0, 0.1) is 0 Å². The lowest BCUT2D eigenvalue weighted by atomic mass is 10.0. The van der Waals surface area contributed by atoms with E-state index in [2.05, 4.69) is 20.9 Å². The number of carbonyl (C=O) groups is 1. The zero-order valence-electron chi connectivity index (χ0n) is 12.7. The number of fused-ring (bicyclic) bond motifs is 1. The van der Waals surface area contributed by atoms with Gasteiger partial charge in [-0.25, -0.2) is 4.98 Å². The average molecular weight is 286 g/mol. The van der Waals surface area contributed by atoms with Gasteiger partial charge in [0.05, 0.1) is 23.6 Å². The Labute approximate surface area is 125 Å². The van der Waals surface area contributed by atoms with Crippen LogP contribution in [-0.2, 0) is 18.4 Å². The standard InChI is InChI=1S/C16H22N4O/c1-19(16(21)13-8-5-6-10-17-13)11-15-18-12-7-3-4-9-14(12)20(15)2/h3-4,7,9,13,17H,5-6,8,10-11H2,1-2H3. The van der Waals surface area contributed by atoms with Crippen molar-refractivity contribution in [2.75, 3.05) is 13.6 Å². The van der Waals surface area contributed by atoms with Crippen LogP contribution < -0.4 is 5.32 Å². The summed E-state index contributed by atoms with van der Waals surface area (Å²) in [4.78, 5) is 18.9. The maximum absolute atomic E-state index is 12.5. The predicted molar refractivity (Wildman–Crippen MR) is 82.8 cm³/mol. The molecule has 5 heteroatoms. The summed E-state index contributed by atoms with van der Waals surface area (Å²) in [5.41, 5.74) is 2.08. The van der Waals surface area contributed by atoms with Crippen molar-refractivity contribution in [3.8, 4) is 0 Å². The second-order valence-electron chi connectivity index (χ2n) is 5.77. The maximum Gasteiger partial charge on any atom is 0.239 e. The number of hydrogen-bond acceptors (Lipinski definition) is 3. The van der Waals surface area contributed by atoms with Crippen molar-refractivity contribution in [1.29, 1.82) is 0 Å². The molecule has 1 aliphatic rings. The maximum atomic E-state index is 12.5. The molecule has 21 heavy (non-hydrogen) atoms. The SMILES string of the molecule is CN(Cc1nc2ccccc2n1C)C(=O)C1CCCCN1. The van der Waals surface area contributed by atoms with E-state index in [4.69, 9.17) is 0 Å². The first-order chi connectivity index (χ1) is 10.2. The van der Waals surface area contributed by atoms with Gasteiger partial charge in [0.1, 0.15) is 5.82 Å². The molecule has 1 aliphatic heterocycles. The van der Waals surface area contributed by atoms with Gasteiger partial charge in [0.25, 0.3) is 0 Å². The van der Waals surface area contributed by atoms with E-state index in [0.29, 0.717) is 6.54 Å². The summed E-state index contributed by atoms with van der Waals surface area (Å²) in [6, 6.07) is 8.02. The molecule has 2 aromatic rings. The molecule has 2 heterocycles. The summed E-state index contributed by atoms with van der Waals surface area (Å²) < 4.78 is 2.06. The fraction of sp³-hybridized carbons (Fsp3) is 0.500. The molecule has 1 saturated heterocycles. The van der Waals surface area contributed by atoms with Gasteiger partial charge >= 0.3 is 0 Å². The van der Waals surface area contributed by atoms with Gasteiger partial charge in [-0.3, -0.25) is 4.79 Å². The molecular weight excluding hydrogens is 264 g/mol. The molecule has 3 rings (SSSR count). The summed E-state index contributed by atoms with van der Waals surface area (Å²) in [6.45, 7) is 1.48. The number of imidazole rings is 1. The van der Waals surface area contributed by atoms with Crippen molar-refractivity contribution in [2.24, 2.45) is 7.05 Å². The highest BCUT2D eigenvalue weighted by molar-refractivity contribution is 5.82. The molecular formula is C16H22N4O. The van der Waals surface area contributed by atoms with Gasteiger partial charge in [0.15, 0.2) is 0 Å². The molecule has 5 nitrogen and oxygen atoms in total. The number of para-hydroxylation sites is 2. The predicted octanol–water partition coefficient (Wildman–Crippen LogP) is 1.67. The smallest absolute Gasteiger partial charge is 0.239 e. The van der Waals surface area contributed by atoms with E-state index in [1.807, 2.05) is 32.3 Å². The topological polar surface area (TPSA) is 50.2 Å². The summed E-state index contributed by atoms with van der Waals surface area (Å²) in [5, 5.41) is 3.31. The van der Waals surface area contributed by atoms with E-state index in [-0.39, 0.29) is 11.9 Å². The van der Waals surface area contributed by atoms with E-state index in [9.17, 15) is 4.79 Å². The number of carbonyl (C=O) groups excluding carboxylic acids is 1. The number of nitrogens with zero attached hydrogens (tertiary/aromatic N) is 3. The number of piperidine rings is 1. The van der Waals surface area contributed by atoms with E-state index in [1.54, 1.807) is 4.90 Å². The Balaban J connectivity index is 1.75. The zero-order chi connectivity index (χ0) is 14.8.